The summed E-state index contributed by atoms with van der Waals surface area (Å²) >= 11 is 5.82. The van der Waals surface area contributed by atoms with E-state index in [1.165, 1.54) is 0 Å². The normalized spacial score (nSPS) is 11.5. The third-order valence-electron chi connectivity index (χ3n) is 3.95. The van der Waals surface area contributed by atoms with Gasteiger partial charge in [-0.3, -0.25) is 9.59 Å². The summed E-state index contributed by atoms with van der Waals surface area (Å²) in [6, 6.07) is 14.6. The van der Waals surface area contributed by atoms with Crippen molar-refractivity contribution >= 4 is 29.1 Å². The minimum atomic E-state index is -0.152. The van der Waals surface area contributed by atoms with Crippen LogP contribution in [-0.2, 0) is 16.0 Å². The van der Waals surface area contributed by atoms with Gasteiger partial charge in [0.1, 0.15) is 5.75 Å². The molecule has 144 valence electrons. The molecular formula is C20H25ClN3O3+. The SMILES string of the molecule is COc1ccc(CCNC(=O)C[NH+](C)CC(=O)Nc2ccc(Cl)cc2)cc1. The van der Waals surface area contributed by atoms with Gasteiger partial charge in [-0.15, -0.1) is 0 Å². The third kappa shape index (κ3) is 7.68. The number of hydrogen-bond donors (Lipinski definition) is 3. The first-order chi connectivity index (χ1) is 13.0. The number of halogens is 1. The van der Waals surface area contributed by atoms with E-state index in [0.717, 1.165) is 22.6 Å². The number of carbonyl (C=O) groups excluding carboxylic acids is 2. The van der Waals surface area contributed by atoms with Crippen LogP contribution in [0.3, 0.4) is 0 Å². The van der Waals surface area contributed by atoms with Crippen molar-refractivity contribution in [3.05, 3.63) is 59.1 Å². The van der Waals surface area contributed by atoms with Gasteiger partial charge in [0.05, 0.1) is 14.2 Å². The van der Waals surface area contributed by atoms with Crippen LogP contribution < -0.4 is 20.3 Å². The Morgan fingerprint density at radius 2 is 1.63 bits per heavy atom. The predicted molar refractivity (Wildman–Crippen MR) is 106 cm³/mol. The van der Waals surface area contributed by atoms with E-state index in [1.54, 1.807) is 31.4 Å². The van der Waals surface area contributed by atoms with Crippen molar-refractivity contribution in [3.8, 4) is 5.75 Å². The molecule has 2 amide bonds. The monoisotopic (exact) mass is 390 g/mol. The predicted octanol–water partition coefficient (Wildman–Crippen LogP) is 1.16. The van der Waals surface area contributed by atoms with Crippen molar-refractivity contribution in [2.75, 3.05) is 39.1 Å². The zero-order valence-corrected chi connectivity index (χ0v) is 16.3. The minimum Gasteiger partial charge on any atom is -0.497 e. The summed E-state index contributed by atoms with van der Waals surface area (Å²) in [5.74, 6) is 0.575. The number of benzene rings is 2. The summed E-state index contributed by atoms with van der Waals surface area (Å²) in [5, 5.41) is 6.28. The van der Waals surface area contributed by atoms with E-state index >= 15 is 0 Å². The van der Waals surface area contributed by atoms with Crippen molar-refractivity contribution in [2.24, 2.45) is 0 Å². The molecule has 3 N–H and O–H groups in total. The number of likely N-dealkylation sites (N-methyl/N-ethyl adjacent to an activating group) is 1. The standard InChI is InChI=1S/C20H24ClN3O3/c1-24(14-20(26)23-17-7-5-16(21)6-8-17)13-19(25)22-12-11-15-3-9-18(27-2)10-4-15/h3-10H,11-14H2,1-2H3,(H,22,25)(H,23,26)/p+1. The molecule has 1 unspecified atom stereocenters. The van der Waals surface area contributed by atoms with Gasteiger partial charge in [-0.05, 0) is 48.4 Å². The smallest absolute Gasteiger partial charge is 0.279 e. The summed E-state index contributed by atoms with van der Waals surface area (Å²) in [6.07, 6.45) is 0.742. The second kappa shape index (κ2) is 10.5. The molecule has 0 aliphatic rings. The zero-order valence-electron chi connectivity index (χ0n) is 15.5. The van der Waals surface area contributed by atoms with Crippen LogP contribution in [-0.4, -0.2) is 45.6 Å². The van der Waals surface area contributed by atoms with Gasteiger partial charge in [0.15, 0.2) is 13.1 Å². The van der Waals surface area contributed by atoms with Crippen LogP contribution >= 0.6 is 11.6 Å². The number of anilines is 1. The molecule has 2 aromatic rings. The highest BCUT2D eigenvalue weighted by atomic mass is 35.5. The topological polar surface area (TPSA) is 71.9 Å². The average molecular weight is 391 g/mol. The summed E-state index contributed by atoms with van der Waals surface area (Å²) < 4.78 is 5.12. The first-order valence-corrected chi connectivity index (χ1v) is 9.10. The molecule has 1 atom stereocenters. The number of ether oxygens (including phenoxy) is 1. The van der Waals surface area contributed by atoms with Gasteiger partial charge < -0.3 is 20.3 Å². The number of rotatable bonds is 9. The van der Waals surface area contributed by atoms with Crippen molar-refractivity contribution in [2.45, 2.75) is 6.42 Å². The molecule has 7 heteroatoms. The van der Waals surface area contributed by atoms with E-state index in [2.05, 4.69) is 10.6 Å². The highest BCUT2D eigenvalue weighted by Gasteiger charge is 2.14. The average Bonchev–Trinajstić information content (AvgIpc) is 2.64. The lowest BCUT2D eigenvalue weighted by atomic mass is 10.1. The molecule has 0 bridgehead atoms. The Hall–Kier alpha value is -2.57. The molecule has 0 aromatic heterocycles. The lowest BCUT2D eigenvalue weighted by Crippen LogP contribution is -3.11. The zero-order chi connectivity index (χ0) is 19.6. The Balaban J connectivity index is 1.66. The molecule has 0 aliphatic carbocycles. The summed E-state index contributed by atoms with van der Waals surface area (Å²) in [6.45, 7) is 0.987. The summed E-state index contributed by atoms with van der Waals surface area (Å²) in [4.78, 5) is 24.9. The molecule has 0 saturated carbocycles. The number of amides is 2. The quantitative estimate of drug-likeness (QED) is 0.601. The molecule has 6 nitrogen and oxygen atoms in total. The van der Waals surface area contributed by atoms with Crippen LogP contribution in [0, 0.1) is 0 Å². The maximum atomic E-state index is 12.0. The van der Waals surface area contributed by atoms with Crippen LogP contribution in [0.25, 0.3) is 0 Å². The maximum absolute atomic E-state index is 12.0. The molecular weight excluding hydrogens is 366 g/mol. The van der Waals surface area contributed by atoms with Gasteiger partial charge in [0, 0.05) is 17.3 Å². The van der Waals surface area contributed by atoms with Gasteiger partial charge in [0.2, 0.25) is 0 Å². The Bertz CT molecular complexity index is 748. The second-order valence-electron chi connectivity index (χ2n) is 6.31. The van der Waals surface area contributed by atoms with Crippen LogP contribution in [0.5, 0.6) is 5.75 Å². The molecule has 0 aliphatic heterocycles. The Labute approximate surface area is 164 Å². The molecule has 0 spiro atoms. The second-order valence-corrected chi connectivity index (χ2v) is 6.75. The van der Waals surface area contributed by atoms with Crippen molar-refractivity contribution in [1.82, 2.24) is 5.32 Å². The molecule has 2 aromatic carbocycles. The summed E-state index contributed by atoms with van der Waals surface area (Å²) in [5.41, 5.74) is 1.81. The molecule has 0 heterocycles. The minimum absolute atomic E-state index is 0.0831. The van der Waals surface area contributed by atoms with E-state index in [-0.39, 0.29) is 24.9 Å². The number of methoxy groups -OCH3 is 1. The van der Waals surface area contributed by atoms with E-state index < -0.39 is 0 Å². The highest BCUT2D eigenvalue weighted by Crippen LogP contribution is 2.13. The van der Waals surface area contributed by atoms with Crippen molar-refractivity contribution in [1.29, 1.82) is 0 Å². The van der Waals surface area contributed by atoms with Gasteiger partial charge in [-0.2, -0.15) is 0 Å². The lowest BCUT2D eigenvalue weighted by Gasteiger charge is -2.14. The fraction of sp³-hybridized carbons (Fsp3) is 0.300. The van der Waals surface area contributed by atoms with Crippen LogP contribution in [0.4, 0.5) is 5.69 Å². The number of quaternary nitrogens is 1. The van der Waals surface area contributed by atoms with Crippen molar-refractivity contribution in [3.63, 3.8) is 0 Å². The van der Waals surface area contributed by atoms with Gasteiger partial charge >= 0.3 is 0 Å². The first kappa shape index (κ1) is 20.7. The van der Waals surface area contributed by atoms with E-state index in [9.17, 15) is 9.59 Å². The van der Waals surface area contributed by atoms with Crippen LogP contribution in [0.1, 0.15) is 5.56 Å². The van der Waals surface area contributed by atoms with Gasteiger partial charge in [-0.25, -0.2) is 0 Å². The summed E-state index contributed by atoms with van der Waals surface area (Å²) in [7, 11) is 3.44. The van der Waals surface area contributed by atoms with Gasteiger partial charge in [0.25, 0.3) is 11.8 Å². The number of carbonyl (C=O) groups is 2. The number of hydrogen-bond acceptors (Lipinski definition) is 3. The molecule has 0 fully saturated rings. The number of nitrogens with one attached hydrogen (secondary N) is 3. The molecule has 0 saturated heterocycles. The fourth-order valence-electron chi connectivity index (χ4n) is 2.55. The van der Waals surface area contributed by atoms with E-state index in [0.29, 0.717) is 17.3 Å². The Kier molecular flexibility index (Phi) is 8.10. The molecule has 0 radical (unpaired) electrons. The third-order valence-corrected chi connectivity index (χ3v) is 4.20. The van der Waals surface area contributed by atoms with E-state index in [4.69, 9.17) is 16.3 Å². The fourth-order valence-corrected chi connectivity index (χ4v) is 2.68. The highest BCUT2D eigenvalue weighted by molar-refractivity contribution is 6.30. The maximum Gasteiger partial charge on any atom is 0.279 e. The van der Waals surface area contributed by atoms with Crippen molar-refractivity contribution < 1.29 is 19.2 Å². The largest absolute Gasteiger partial charge is 0.497 e. The van der Waals surface area contributed by atoms with E-state index in [1.807, 2.05) is 31.3 Å². The Morgan fingerprint density at radius 3 is 2.26 bits per heavy atom. The van der Waals surface area contributed by atoms with Gasteiger partial charge in [-0.1, -0.05) is 23.7 Å². The Morgan fingerprint density at radius 1 is 1.00 bits per heavy atom. The molecule has 27 heavy (non-hydrogen) atoms. The molecule has 2 rings (SSSR count). The lowest BCUT2D eigenvalue weighted by molar-refractivity contribution is -0.862. The van der Waals surface area contributed by atoms with Crippen LogP contribution in [0.15, 0.2) is 48.5 Å². The first-order valence-electron chi connectivity index (χ1n) is 8.72. The van der Waals surface area contributed by atoms with Crippen LogP contribution in [0.2, 0.25) is 5.02 Å².